The molecule has 0 atom stereocenters. The summed E-state index contributed by atoms with van der Waals surface area (Å²) in [5.74, 6) is 0.722. The first kappa shape index (κ1) is 24.2. The van der Waals surface area contributed by atoms with E-state index >= 15 is 0 Å². The fourth-order valence-corrected chi connectivity index (χ4v) is 4.80. The molecule has 5 aromatic rings. The van der Waals surface area contributed by atoms with E-state index in [1.165, 1.54) is 0 Å². The maximum Gasteiger partial charge on any atom is 0.338 e. The molecule has 0 saturated carbocycles. The summed E-state index contributed by atoms with van der Waals surface area (Å²) >= 11 is 0. The molecule has 0 unspecified atom stereocenters. The molecule has 0 fully saturated rings. The zero-order valence-electron chi connectivity index (χ0n) is 21.3. The van der Waals surface area contributed by atoms with Crippen molar-refractivity contribution in [3.05, 3.63) is 138 Å². The minimum absolute atomic E-state index is 0.123. The van der Waals surface area contributed by atoms with Gasteiger partial charge in [0.05, 0.1) is 23.6 Å². The summed E-state index contributed by atoms with van der Waals surface area (Å²) in [7, 11) is 0. The van der Waals surface area contributed by atoms with Crippen LogP contribution in [0.4, 0.5) is 5.69 Å². The zero-order chi connectivity index (χ0) is 26.8. The van der Waals surface area contributed by atoms with Crippen LogP contribution in [0.15, 0.2) is 125 Å². The standard InChI is InChI=1S/C34H25NO4/c1-2-38-34(37)26-17-15-25(16-18-26)32-20-19-28(39-32)21-27-22-31(24-10-4-3-5-11-24)35(33(27)36)30-14-8-12-23-9-6-7-13-29(23)30/h3-22H,2H2,1H3/b27-21-. The number of rotatable bonds is 6. The van der Waals surface area contributed by atoms with Crippen LogP contribution in [-0.4, -0.2) is 18.5 Å². The summed E-state index contributed by atoms with van der Waals surface area (Å²) in [6.45, 7) is 2.10. The summed E-state index contributed by atoms with van der Waals surface area (Å²) in [5, 5.41) is 2.07. The predicted octanol–water partition coefficient (Wildman–Crippen LogP) is 7.75. The second-order valence-corrected chi connectivity index (χ2v) is 9.13. The topological polar surface area (TPSA) is 59.8 Å². The molecule has 0 saturated heterocycles. The van der Waals surface area contributed by atoms with Crippen molar-refractivity contribution in [1.82, 2.24) is 0 Å². The molecule has 190 valence electrons. The van der Waals surface area contributed by atoms with Crippen LogP contribution in [0.1, 0.15) is 28.6 Å². The van der Waals surface area contributed by atoms with Crippen molar-refractivity contribution >= 4 is 40.1 Å². The average molecular weight is 512 g/mol. The van der Waals surface area contributed by atoms with E-state index in [9.17, 15) is 9.59 Å². The number of ether oxygens (including phenoxy) is 1. The lowest BCUT2D eigenvalue weighted by Crippen LogP contribution is -2.25. The van der Waals surface area contributed by atoms with Crippen molar-refractivity contribution in [2.75, 3.05) is 11.5 Å². The second kappa shape index (κ2) is 10.3. The third-order valence-electron chi connectivity index (χ3n) is 6.67. The molecule has 1 aliphatic heterocycles. The van der Waals surface area contributed by atoms with Crippen LogP contribution in [0.5, 0.6) is 0 Å². The normalized spacial score (nSPS) is 14.2. The van der Waals surface area contributed by atoms with E-state index in [1.807, 2.05) is 103 Å². The molecule has 39 heavy (non-hydrogen) atoms. The first-order chi connectivity index (χ1) is 19.1. The Labute approximate surface area is 226 Å². The van der Waals surface area contributed by atoms with Crippen LogP contribution in [0.25, 0.3) is 33.9 Å². The summed E-state index contributed by atoms with van der Waals surface area (Å²) in [5.41, 5.74) is 4.42. The molecule has 0 N–H and O–H groups in total. The molecule has 0 bridgehead atoms. The number of benzene rings is 4. The minimum Gasteiger partial charge on any atom is -0.462 e. The van der Waals surface area contributed by atoms with Gasteiger partial charge in [0.25, 0.3) is 5.91 Å². The van der Waals surface area contributed by atoms with Gasteiger partial charge >= 0.3 is 5.97 Å². The number of hydrogen-bond acceptors (Lipinski definition) is 4. The maximum atomic E-state index is 13.9. The van der Waals surface area contributed by atoms with E-state index in [0.29, 0.717) is 29.3 Å². The molecular weight excluding hydrogens is 486 g/mol. The van der Waals surface area contributed by atoms with Crippen molar-refractivity contribution in [2.45, 2.75) is 6.92 Å². The molecule has 1 aliphatic rings. The number of esters is 1. The van der Waals surface area contributed by atoms with Gasteiger partial charge in [-0.3, -0.25) is 9.69 Å². The van der Waals surface area contributed by atoms with Gasteiger partial charge in [0.1, 0.15) is 11.5 Å². The van der Waals surface area contributed by atoms with Gasteiger partial charge in [0.2, 0.25) is 0 Å². The van der Waals surface area contributed by atoms with Crippen molar-refractivity contribution < 1.29 is 18.7 Å². The first-order valence-corrected chi connectivity index (χ1v) is 12.8. The molecule has 4 aromatic carbocycles. The van der Waals surface area contributed by atoms with Crippen LogP contribution in [-0.2, 0) is 9.53 Å². The lowest BCUT2D eigenvalue weighted by molar-refractivity contribution is -0.113. The fraction of sp³-hybridized carbons (Fsp3) is 0.0588. The van der Waals surface area contributed by atoms with Gasteiger partial charge in [-0.05, 0) is 60.4 Å². The van der Waals surface area contributed by atoms with Gasteiger partial charge in [-0.25, -0.2) is 4.79 Å². The first-order valence-electron chi connectivity index (χ1n) is 12.8. The highest BCUT2D eigenvalue weighted by atomic mass is 16.5. The van der Waals surface area contributed by atoms with E-state index in [1.54, 1.807) is 30.0 Å². The summed E-state index contributed by atoms with van der Waals surface area (Å²) in [6, 6.07) is 34.7. The molecule has 0 spiro atoms. The van der Waals surface area contributed by atoms with Crippen LogP contribution in [0.3, 0.4) is 0 Å². The SMILES string of the molecule is CCOC(=O)c1ccc(-c2ccc(/C=C3/C=C(c4ccccc4)N(c4cccc5ccccc45)C3=O)o2)cc1. The number of carbonyl (C=O) groups is 2. The highest BCUT2D eigenvalue weighted by Crippen LogP contribution is 2.39. The van der Waals surface area contributed by atoms with E-state index < -0.39 is 0 Å². The van der Waals surface area contributed by atoms with Gasteiger partial charge in [0, 0.05) is 16.5 Å². The number of anilines is 1. The Kier molecular flexibility index (Phi) is 6.39. The number of furan rings is 1. The number of fused-ring (bicyclic) bond motifs is 1. The Hall–Kier alpha value is -5.16. The molecule has 1 amide bonds. The third kappa shape index (κ3) is 4.66. The van der Waals surface area contributed by atoms with E-state index in [2.05, 4.69) is 0 Å². The van der Waals surface area contributed by atoms with E-state index in [-0.39, 0.29) is 11.9 Å². The lowest BCUT2D eigenvalue weighted by atomic mass is 10.1. The van der Waals surface area contributed by atoms with Crippen LogP contribution in [0.2, 0.25) is 0 Å². The molecule has 6 rings (SSSR count). The number of amides is 1. The molecule has 2 heterocycles. The Morgan fingerprint density at radius 2 is 1.56 bits per heavy atom. The Morgan fingerprint density at radius 3 is 2.36 bits per heavy atom. The van der Waals surface area contributed by atoms with Gasteiger partial charge in [-0.2, -0.15) is 0 Å². The Balaban J connectivity index is 1.36. The molecular formula is C34H25NO4. The van der Waals surface area contributed by atoms with Crippen molar-refractivity contribution in [1.29, 1.82) is 0 Å². The average Bonchev–Trinajstić information content (AvgIpc) is 3.58. The summed E-state index contributed by atoms with van der Waals surface area (Å²) in [6.07, 6.45) is 3.68. The quantitative estimate of drug-likeness (QED) is 0.173. The van der Waals surface area contributed by atoms with Gasteiger partial charge in [-0.1, -0.05) is 78.9 Å². The number of carbonyl (C=O) groups excluding carboxylic acids is 2. The predicted molar refractivity (Wildman–Crippen MR) is 154 cm³/mol. The number of nitrogens with zero attached hydrogens (tertiary/aromatic N) is 1. The van der Waals surface area contributed by atoms with E-state index in [4.69, 9.17) is 9.15 Å². The minimum atomic E-state index is -0.356. The highest BCUT2D eigenvalue weighted by molar-refractivity contribution is 6.25. The number of hydrogen-bond donors (Lipinski definition) is 0. The zero-order valence-corrected chi connectivity index (χ0v) is 21.3. The third-order valence-corrected chi connectivity index (χ3v) is 6.67. The monoisotopic (exact) mass is 511 g/mol. The fourth-order valence-electron chi connectivity index (χ4n) is 4.80. The molecule has 0 radical (unpaired) electrons. The van der Waals surface area contributed by atoms with Crippen molar-refractivity contribution in [3.63, 3.8) is 0 Å². The largest absolute Gasteiger partial charge is 0.462 e. The van der Waals surface area contributed by atoms with E-state index in [0.717, 1.165) is 33.3 Å². The summed E-state index contributed by atoms with van der Waals surface area (Å²) in [4.78, 5) is 27.6. The molecule has 5 nitrogen and oxygen atoms in total. The van der Waals surface area contributed by atoms with Gasteiger partial charge in [-0.15, -0.1) is 0 Å². The van der Waals surface area contributed by atoms with Crippen LogP contribution < -0.4 is 4.90 Å². The lowest BCUT2D eigenvalue weighted by Gasteiger charge is -2.22. The van der Waals surface area contributed by atoms with Crippen LogP contribution >= 0.6 is 0 Å². The summed E-state index contributed by atoms with van der Waals surface area (Å²) < 4.78 is 11.1. The van der Waals surface area contributed by atoms with Crippen LogP contribution in [0, 0.1) is 0 Å². The Bertz CT molecular complexity index is 1740. The highest BCUT2D eigenvalue weighted by Gasteiger charge is 2.31. The van der Waals surface area contributed by atoms with Gasteiger partial charge in [0.15, 0.2) is 0 Å². The smallest absolute Gasteiger partial charge is 0.338 e. The van der Waals surface area contributed by atoms with Gasteiger partial charge < -0.3 is 9.15 Å². The molecule has 5 heteroatoms. The molecule has 0 aliphatic carbocycles. The maximum absolute atomic E-state index is 13.9. The molecule has 1 aromatic heterocycles. The second-order valence-electron chi connectivity index (χ2n) is 9.13. The van der Waals surface area contributed by atoms with Crippen molar-refractivity contribution in [3.8, 4) is 11.3 Å². The Morgan fingerprint density at radius 1 is 0.821 bits per heavy atom. The van der Waals surface area contributed by atoms with Crippen molar-refractivity contribution in [2.24, 2.45) is 0 Å².